The van der Waals surface area contributed by atoms with Gasteiger partial charge in [-0.3, -0.25) is 4.90 Å². The van der Waals surface area contributed by atoms with Gasteiger partial charge in [0, 0.05) is 11.5 Å². The van der Waals surface area contributed by atoms with Crippen molar-refractivity contribution in [3.8, 4) is 0 Å². The minimum atomic E-state index is -0.664. The van der Waals surface area contributed by atoms with Gasteiger partial charge in [-0.25, -0.2) is 4.79 Å². The molecular weight excluding hydrogens is 322 g/mol. The Kier molecular flexibility index (Phi) is 5.34. The maximum atomic E-state index is 12.1. The van der Waals surface area contributed by atoms with Gasteiger partial charge in [0.15, 0.2) is 0 Å². The van der Waals surface area contributed by atoms with E-state index in [1.165, 1.54) is 4.90 Å². The van der Waals surface area contributed by atoms with Crippen LogP contribution >= 0.6 is 15.9 Å². The van der Waals surface area contributed by atoms with Gasteiger partial charge in [0.2, 0.25) is 0 Å². The van der Waals surface area contributed by atoms with Gasteiger partial charge in [-0.1, -0.05) is 22.0 Å². The van der Waals surface area contributed by atoms with Crippen molar-refractivity contribution in [2.75, 3.05) is 7.05 Å². The van der Waals surface area contributed by atoms with E-state index in [1.807, 2.05) is 25.1 Å². The molecule has 0 spiro atoms. The predicted molar refractivity (Wildman–Crippen MR) is 81.7 cm³/mol. The average molecular weight is 342 g/mol. The first-order valence-corrected chi connectivity index (χ1v) is 7.12. The van der Waals surface area contributed by atoms with Crippen LogP contribution in [0.25, 0.3) is 0 Å². The summed E-state index contributed by atoms with van der Waals surface area (Å²) in [6.45, 7) is 7.28. The standard InChI is InChI=1S/C15H20BrNO3/c1-10-6-7-11(16)8-12(10)13(9-18)17(5)14(19)20-15(2,3)4/h6-9,13H,1-5H3. The molecule has 0 N–H and O–H groups in total. The predicted octanol–water partition coefficient (Wildman–Crippen LogP) is 3.86. The minimum Gasteiger partial charge on any atom is -0.444 e. The molecule has 0 saturated heterocycles. The highest BCUT2D eigenvalue weighted by molar-refractivity contribution is 9.10. The number of carbonyl (C=O) groups excluding carboxylic acids is 2. The lowest BCUT2D eigenvalue weighted by Gasteiger charge is -2.28. The maximum Gasteiger partial charge on any atom is 0.410 e. The quantitative estimate of drug-likeness (QED) is 0.784. The van der Waals surface area contributed by atoms with Crippen LogP contribution in [0.2, 0.25) is 0 Å². The number of carbonyl (C=O) groups is 2. The number of ether oxygens (including phenoxy) is 1. The Morgan fingerprint density at radius 1 is 1.40 bits per heavy atom. The van der Waals surface area contributed by atoms with E-state index >= 15 is 0 Å². The largest absolute Gasteiger partial charge is 0.444 e. The van der Waals surface area contributed by atoms with Gasteiger partial charge in [-0.05, 0) is 51.0 Å². The Labute approximate surface area is 128 Å². The van der Waals surface area contributed by atoms with Crippen LogP contribution in [-0.2, 0) is 9.53 Å². The van der Waals surface area contributed by atoms with E-state index in [9.17, 15) is 9.59 Å². The molecule has 0 aliphatic heterocycles. The van der Waals surface area contributed by atoms with Gasteiger partial charge in [-0.2, -0.15) is 0 Å². The molecule has 110 valence electrons. The van der Waals surface area contributed by atoms with Gasteiger partial charge >= 0.3 is 6.09 Å². The average Bonchev–Trinajstić information content (AvgIpc) is 2.32. The molecule has 0 aliphatic rings. The Bertz CT molecular complexity index is 508. The number of nitrogens with zero attached hydrogens (tertiary/aromatic N) is 1. The van der Waals surface area contributed by atoms with E-state index < -0.39 is 17.7 Å². The fourth-order valence-electron chi connectivity index (χ4n) is 1.75. The van der Waals surface area contributed by atoms with Gasteiger partial charge in [0.25, 0.3) is 0 Å². The second-order valence-corrected chi connectivity index (χ2v) is 6.59. The number of aldehydes is 1. The normalized spacial score (nSPS) is 12.7. The van der Waals surface area contributed by atoms with Crippen LogP contribution in [0.5, 0.6) is 0 Å². The lowest BCUT2D eigenvalue weighted by Crippen LogP contribution is -2.37. The molecule has 0 bridgehead atoms. The van der Waals surface area contributed by atoms with Crippen molar-refractivity contribution in [2.24, 2.45) is 0 Å². The third-order valence-corrected chi connectivity index (χ3v) is 3.28. The SMILES string of the molecule is Cc1ccc(Br)cc1C(C=O)N(C)C(=O)OC(C)(C)C. The number of amides is 1. The van der Waals surface area contributed by atoms with Crippen molar-refractivity contribution >= 4 is 28.3 Å². The molecule has 0 saturated carbocycles. The van der Waals surface area contributed by atoms with E-state index in [1.54, 1.807) is 27.8 Å². The van der Waals surface area contributed by atoms with Gasteiger partial charge in [0.05, 0.1) is 0 Å². The van der Waals surface area contributed by atoms with E-state index in [0.717, 1.165) is 21.9 Å². The second kappa shape index (κ2) is 6.39. The molecule has 0 aromatic heterocycles. The smallest absolute Gasteiger partial charge is 0.410 e. The monoisotopic (exact) mass is 341 g/mol. The highest BCUT2D eigenvalue weighted by atomic mass is 79.9. The van der Waals surface area contributed by atoms with E-state index in [4.69, 9.17) is 4.74 Å². The third-order valence-electron chi connectivity index (χ3n) is 2.79. The molecule has 1 aromatic rings. The summed E-state index contributed by atoms with van der Waals surface area (Å²) < 4.78 is 6.15. The van der Waals surface area contributed by atoms with Crippen molar-refractivity contribution in [1.82, 2.24) is 4.90 Å². The summed E-state index contributed by atoms with van der Waals surface area (Å²) in [5.74, 6) is 0. The van der Waals surface area contributed by atoms with Crippen LogP contribution in [0.15, 0.2) is 22.7 Å². The third kappa shape index (κ3) is 4.34. The van der Waals surface area contributed by atoms with E-state index in [2.05, 4.69) is 15.9 Å². The Balaban J connectivity index is 3.04. The summed E-state index contributed by atoms with van der Waals surface area (Å²) >= 11 is 3.38. The fourth-order valence-corrected chi connectivity index (χ4v) is 2.13. The van der Waals surface area contributed by atoms with Crippen LogP contribution in [0.1, 0.15) is 37.9 Å². The molecule has 20 heavy (non-hydrogen) atoms. The highest BCUT2D eigenvalue weighted by Crippen LogP contribution is 2.26. The van der Waals surface area contributed by atoms with Crippen LogP contribution in [0, 0.1) is 6.92 Å². The molecule has 0 radical (unpaired) electrons. The molecule has 1 amide bonds. The first kappa shape index (κ1) is 16.7. The zero-order valence-electron chi connectivity index (χ0n) is 12.4. The highest BCUT2D eigenvalue weighted by Gasteiger charge is 2.27. The summed E-state index contributed by atoms with van der Waals surface area (Å²) in [6.07, 6.45) is 0.229. The number of benzene rings is 1. The lowest BCUT2D eigenvalue weighted by molar-refractivity contribution is -0.112. The summed E-state index contributed by atoms with van der Waals surface area (Å²) in [4.78, 5) is 24.8. The minimum absolute atomic E-state index is 0.519. The van der Waals surface area contributed by atoms with Crippen LogP contribution in [-0.4, -0.2) is 29.9 Å². The Morgan fingerprint density at radius 2 is 2.00 bits per heavy atom. The van der Waals surface area contributed by atoms with Crippen molar-refractivity contribution in [3.05, 3.63) is 33.8 Å². The molecule has 0 heterocycles. The molecule has 1 aromatic carbocycles. The van der Waals surface area contributed by atoms with Crippen molar-refractivity contribution in [1.29, 1.82) is 0 Å². The van der Waals surface area contributed by atoms with Gasteiger partial charge in [-0.15, -0.1) is 0 Å². The molecular formula is C15H20BrNO3. The lowest BCUT2D eigenvalue weighted by atomic mass is 10.0. The van der Waals surface area contributed by atoms with Crippen LogP contribution < -0.4 is 0 Å². The molecule has 0 fully saturated rings. The van der Waals surface area contributed by atoms with Crippen LogP contribution in [0.4, 0.5) is 4.79 Å². The van der Waals surface area contributed by atoms with Gasteiger partial charge < -0.3 is 9.53 Å². The zero-order valence-corrected chi connectivity index (χ0v) is 14.0. The number of likely N-dealkylation sites (N-methyl/N-ethyl adjacent to an activating group) is 1. The van der Waals surface area contributed by atoms with Gasteiger partial charge in [0.1, 0.15) is 17.9 Å². The molecule has 1 unspecified atom stereocenters. The molecule has 5 heteroatoms. The molecule has 4 nitrogen and oxygen atoms in total. The van der Waals surface area contributed by atoms with Crippen LogP contribution in [0.3, 0.4) is 0 Å². The first-order chi connectivity index (χ1) is 9.15. The molecule has 0 aliphatic carbocycles. The van der Waals surface area contributed by atoms with E-state index in [-0.39, 0.29) is 0 Å². The maximum absolute atomic E-state index is 12.1. The topological polar surface area (TPSA) is 46.6 Å². The summed E-state index contributed by atoms with van der Waals surface area (Å²) in [5, 5.41) is 0. The van der Waals surface area contributed by atoms with Crippen molar-refractivity contribution in [2.45, 2.75) is 39.3 Å². The Hall–Kier alpha value is -1.36. The fraction of sp³-hybridized carbons (Fsp3) is 0.467. The number of hydrogen-bond acceptors (Lipinski definition) is 3. The first-order valence-electron chi connectivity index (χ1n) is 6.33. The summed E-state index contributed by atoms with van der Waals surface area (Å²) in [6, 6.07) is 4.98. The number of hydrogen-bond donors (Lipinski definition) is 0. The molecule has 1 atom stereocenters. The van der Waals surface area contributed by atoms with Crippen molar-refractivity contribution < 1.29 is 14.3 Å². The number of halogens is 1. The van der Waals surface area contributed by atoms with E-state index in [0.29, 0.717) is 0 Å². The zero-order chi connectivity index (χ0) is 15.5. The number of aryl methyl sites for hydroxylation is 1. The van der Waals surface area contributed by atoms with Crippen molar-refractivity contribution in [3.63, 3.8) is 0 Å². The number of rotatable bonds is 3. The second-order valence-electron chi connectivity index (χ2n) is 5.67. The Morgan fingerprint density at radius 3 is 2.50 bits per heavy atom. The summed E-state index contributed by atoms with van der Waals surface area (Å²) in [7, 11) is 1.56. The summed E-state index contributed by atoms with van der Waals surface area (Å²) in [5.41, 5.74) is 1.13. The molecule has 1 rings (SSSR count).